The average molecular weight is 734 g/mol. The molecule has 1 atom stereocenters. The van der Waals surface area contributed by atoms with Crippen molar-refractivity contribution >= 4 is 61.2 Å². The number of anilines is 1. The molecule has 2 saturated heterocycles. The van der Waals surface area contributed by atoms with E-state index in [1.807, 2.05) is 41.1 Å². The van der Waals surface area contributed by atoms with E-state index >= 15 is 0 Å². The number of Topliss-reactive ketones (excluding diaryl/α,β-unsaturated/α-hetero) is 1. The molecular formula is C31H38Br2N6O5. The van der Waals surface area contributed by atoms with Gasteiger partial charge in [-0.25, -0.2) is 4.79 Å². The molecule has 3 aliphatic rings. The number of amides is 4. The summed E-state index contributed by atoms with van der Waals surface area (Å²) in [5, 5.41) is 16.0. The number of likely N-dealkylation sites (N-methyl/N-ethyl adjacent to an activating group) is 1. The highest BCUT2D eigenvalue weighted by atomic mass is 79.9. The summed E-state index contributed by atoms with van der Waals surface area (Å²) < 4.78 is 0.651. The standard InChI is InChI=1S/C31H38Br2N6O5/c1-36-12-14-37(15-13-36)19-27(40)34-26(29(42)21-16-23(32)30(43)24(33)17-21)18-28(41)38-9-7-22(8-10-38)39-11-6-20-4-2-3-5-25(20)35-31(39)44/h2-5,16-17,22,26,43H,6-15,18-19H2,1H3,(H,34,40)(H,35,44)/t26-/m1/s1. The van der Waals surface area contributed by atoms with Crippen LogP contribution in [0.1, 0.15) is 35.2 Å². The average Bonchev–Trinajstić information content (AvgIpc) is 3.18. The molecule has 11 nitrogen and oxygen atoms in total. The zero-order valence-electron chi connectivity index (χ0n) is 24.7. The van der Waals surface area contributed by atoms with Crippen LogP contribution in [-0.2, 0) is 16.0 Å². The summed E-state index contributed by atoms with van der Waals surface area (Å²) in [6, 6.07) is 9.60. The molecule has 44 heavy (non-hydrogen) atoms. The Hall–Kier alpha value is -3.00. The molecular weight excluding hydrogens is 696 g/mol. The van der Waals surface area contributed by atoms with Crippen LogP contribution >= 0.6 is 31.9 Å². The predicted molar refractivity (Wildman–Crippen MR) is 174 cm³/mol. The smallest absolute Gasteiger partial charge is 0.322 e. The summed E-state index contributed by atoms with van der Waals surface area (Å²) in [5.74, 6) is -1.00. The number of hydrogen-bond acceptors (Lipinski definition) is 7. The lowest BCUT2D eigenvalue weighted by Gasteiger charge is -2.38. The monoisotopic (exact) mass is 732 g/mol. The molecule has 0 saturated carbocycles. The molecule has 2 fully saturated rings. The lowest BCUT2D eigenvalue weighted by molar-refractivity contribution is -0.133. The van der Waals surface area contributed by atoms with Crippen molar-refractivity contribution in [3.63, 3.8) is 0 Å². The van der Waals surface area contributed by atoms with Crippen LogP contribution in [-0.4, -0.2) is 120 Å². The van der Waals surface area contributed by atoms with E-state index in [0.717, 1.165) is 43.9 Å². The van der Waals surface area contributed by atoms with E-state index in [1.54, 1.807) is 4.90 Å². The van der Waals surface area contributed by atoms with Gasteiger partial charge in [0.1, 0.15) is 11.8 Å². The van der Waals surface area contributed by atoms with Crippen molar-refractivity contribution in [1.82, 2.24) is 24.9 Å². The summed E-state index contributed by atoms with van der Waals surface area (Å²) in [6.07, 6.45) is 1.83. The van der Waals surface area contributed by atoms with Gasteiger partial charge in [0.2, 0.25) is 11.8 Å². The van der Waals surface area contributed by atoms with Crippen molar-refractivity contribution in [1.29, 1.82) is 0 Å². The second-order valence-corrected chi connectivity index (χ2v) is 13.4. The number of urea groups is 1. The first-order valence-corrected chi connectivity index (χ1v) is 16.5. The number of aromatic hydroxyl groups is 1. The summed E-state index contributed by atoms with van der Waals surface area (Å²) in [5.41, 5.74) is 2.20. The molecule has 0 spiro atoms. The summed E-state index contributed by atoms with van der Waals surface area (Å²) in [6.45, 7) is 4.85. The fourth-order valence-electron chi connectivity index (χ4n) is 6.04. The highest BCUT2D eigenvalue weighted by Crippen LogP contribution is 2.34. The number of rotatable bonds is 8. The summed E-state index contributed by atoms with van der Waals surface area (Å²) >= 11 is 6.53. The minimum atomic E-state index is -1.07. The van der Waals surface area contributed by atoms with Gasteiger partial charge in [0, 0.05) is 63.1 Å². The van der Waals surface area contributed by atoms with Gasteiger partial charge in [-0.05, 0) is 81.9 Å². The number of halogens is 2. The molecule has 0 unspecified atom stereocenters. The number of para-hydroxylation sites is 1. The Morgan fingerprint density at radius 2 is 1.66 bits per heavy atom. The zero-order chi connectivity index (χ0) is 31.4. The Labute approximate surface area is 274 Å². The molecule has 0 bridgehead atoms. The van der Waals surface area contributed by atoms with Gasteiger partial charge in [0.05, 0.1) is 21.9 Å². The van der Waals surface area contributed by atoms with Crippen LogP contribution < -0.4 is 10.6 Å². The molecule has 4 amide bonds. The van der Waals surface area contributed by atoms with Crippen LogP contribution in [0.25, 0.3) is 0 Å². The molecule has 236 valence electrons. The number of hydrogen-bond donors (Lipinski definition) is 3. The molecule has 3 aliphatic heterocycles. The van der Waals surface area contributed by atoms with Crippen LogP contribution in [0.5, 0.6) is 5.75 Å². The van der Waals surface area contributed by atoms with E-state index in [2.05, 4.69) is 47.4 Å². The number of carbonyl (C=O) groups excluding carboxylic acids is 4. The lowest BCUT2D eigenvalue weighted by atomic mass is 9.98. The van der Waals surface area contributed by atoms with Crippen LogP contribution in [0.3, 0.4) is 0 Å². The number of phenolic OH excluding ortho intramolecular Hbond substituents is 1. The molecule has 3 heterocycles. The van der Waals surface area contributed by atoms with Crippen molar-refractivity contribution in [2.24, 2.45) is 0 Å². The first-order valence-electron chi connectivity index (χ1n) is 14.9. The van der Waals surface area contributed by atoms with E-state index < -0.39 is 11.8 Å². The van der Waals surface area contributed by atoms with Gasteiger partial charge in [-0.2, -0.15) is 0 Å². The van der Waals surface area contributed by atoms with Gasteiger partial charge in [-0.1, -0.05) is 18.2 Å². The topological polar surface area (TPSA) is 126 Å². The van der Waals surface area contributed by atoms with Gasteiger partial charge in [-0.15, -0.1) is 0 Å². The fourth-order valence-corrected chi connectivity index (χ4v) is 7.22. The second-order valence-electron chi connectivity index (χ2n) is 11.7. The first kappa shape index (κ1) is 32.4. The molecule has 0 radical (unpaired) electrons. The Morgan fingerprint density at radius 3 is 2.34 bits per heavy atom. The van der Waals surface area contributed by atoms with Crippen molar-refractivity contribution in [3.05, 3.63) is 56.5 Å². The number of fused-ring (bicyclic) bond motifs is 1. The van der Waals surface area contributed by atoms with Crippen LogP contribution in [0, 0.1) is 0 Å². The highest BCUT2D eigenvalue weighted by molar-refractivity contribution is 9.11. The molecule has 2 aromatic carbocycles. The minimum Gasteiger partial charge on any atom is -0.506 e. The maximum atomic E-state index is 13.7. The van der Waals surface area contributed by atoms with Gasteiger partial charge in [0.15, 0.2) is 5.78 Å². The quantitative estimate of drug-likeness (QED) is 0.356. The van der Waals surface area contributed by atoms with Crippen LogP contribution in [0.4, 0.5) is 10.5 Å². The SMILES string of the molecule is CN1CCN(CC(=O)N[C@H](CC(=O)N2CCC(N3CCc4ccccc4NC3=O)CC2)C(=O)c2cc(Br)c(O)c(Br)c2)CC1. The third kappa shape index (κ3) is 7.79. The predicted octanol–water partition coefficient (Wildman–Crippen LogP) is 3.30. The molecule has 0 aliphatic carbocycles. The lowest BCUT2D eigenvalue weighted by Crippen LogP contribution is -2.53. The van der Waals surface area contributed by atoms with Crippen molar-refractivity contribution in [2.75, 3.05) is 64.7 Å². The van der Waals surface area contributed by atoms with E-state index in [-0.39, 0.29) is 48.2 Å². The number of piperazine rings is 1. The Kier molecular flexibility index (Phi) is 10.6. The number of benzene rings is 2. The molecule has 0 aromatic heterocycles. The van der Waals surface area contributed by atoms with Gasteiger partial charge in [0.25, 0.3) is 0 Å². The van der Waals surface area contributed by atoms with Crippen LogP contribution in [0.15, 0.2) is 45.3 Å². The molecule has 3 N–H and O–H groups in total. The van der Waals surface area contributed by atoms with E-state index in [1.165, 1.54) is 12.1 Å². The third-order valence-corrected chi connectivity index (χ3v) is 9.90. The second kappa shape index (κ2) is 14.4. The van der Waals surface area contributed by atoms with Gasteiger partial charge >= 0.3 is 6.03 Å². The fraction of sp³-hybridized carbons (Fsp3) is 0.484. The maximum absolute atomic E-state index is 13.7. The number of carbonyl (C=O) groups is 4. The number of nitrogens with zero attached hydrogens (tertiary/aromatic N) is 4. The van der Waals surface area contributed by atoms with Crippen molar-refractivity contribution < 1.29 is 24.3 Å². The minimum absolute atomic E-state index is 0.000721. The summed E-state index contributed by atoms with van der Waals surface area (Å²) in [4.78, 5) is 61.2. The van der Waals surface area contributed by atoms with Crippen LogP contribution in [0.2, 0.25) is 0 Å². The van der Waals surface area contributed by atoms with E-state index in [0.29, 0.717) is 41.4 Å². The van der Waals surface area contributed by atoms with E-state index in [9.17, 15) is 24.3 Å². The van der Waals surface area contributed by atoms with Crippen molar-refractivity contribution in [2.45, 2.75) is 37.8 Å². The highest BCUT2D eigenvalue weighted by Gasteiger charge is 2.34. The third-order valence-electron chi connectivity index (χ3n) is 8.69. The normalized spacial score (nSPS) is 19.1. The zero-order valence-corrected chi connectivity index (χ0v) is 27.9. The number of likely N-dealkylation sites (tertiary alicyclic amines) is 1. The van der Waals surface area contributed by atoms with Gasteiger partial charge < -0.3 is 30.4 Å². The first-order chi connectivity index (χ1) is 21.1. The van der Waals surface area contributed by atoms with Gasteiger partial charge in [-0.3, -0.25) is 19.3 Å². The van der Waals surface area contributed by atoms with E-state index in [4.69, 9.17) is 0 Å². The maximum Gasteiger partial charge on any atom is 0.322 e. The number of nitrogens with one attached hydrogen (secondary N) is 2. The van der Waals surface area contributed by atoms with Crippen molar-refractivity contribution in [3.8, 4) is 5.75 Å². The largest absolute Gasteiger partial charge is 0.506 e. The summed E-state index contributed by atoms with van der Waals surface area (Å²) in [7, 11) is 2.04. The number of ketones is 1. The molecule has 13 heteroatoms. The number of piperidine rings is 1. The Balaban J connectivity index is 1.22. The molecule has 2 aromatic rings. The Morgan fingerprint density at radius 1 is 1.00 bits per heavy atom. The number of phenols is 1. The molecule has 5 rings (SSSR count). The Bertz CT molecular complexity index is 1380.